The number of rotatable bonds is 3. The number of carbonyl (C=O) groups is 1. The summed E-state index contributed by atoms with van der Waals surface area (Å²) < 4.78 is 0.260. The van der Waals surface area contributed by atoms with Gasteiger partial charge in [0, 0.05) is 12.1 Å². The summed E-state index contributed by atoms with van der Waals surface area (Å²) in [6.07, 6.45) is 0. The van der Waals surface area contributed by atoms with E-state index in [1.54, 1.807) is 21.1 Å². The van der Waals surface area contributed by atoms with E-state index in [9.17, 15) is 14.9 Å². The van der Waals surface area contributed by atoms with Crippen LogP contribution in [-0.4, -0.2) is 37.1 Å². The molecule has 0 aromatic heterocycles. The van der Waals surface area contributed by atoms with Gasteiger partial charge in [-0.2, -0.15) is 0 Å². The number of aromatic carboxylic acids is 1. The topological polar surface area (TPSA) is 80.4 Å². The van der Waals surface area contributed by atoms with Gasteiger partial charge in [-0.3, -0.25) is 14.6 Å². The standard InChI is InChI=1S/C10H12N2O4/c1-12(2,3)9-5-4-7(10(13)14)6-8(9)11(15)16/h4-6H,1-3H3/p+1. The third-order valence-electron chi connectivity index (χ3n) is 2.14. The molecule has 0 radical (unpaired) electrons. The molecule has 0 fully saturated rings. The molecule has 1 aromatic carbocycles. The highest BCUT2D eigenvalue weighted by molar-refractivity contribution is 5.89. The summed E-state index contributed by atoms with van der Waals surface area (Å²) in [4.78, 5) is 21.0. The van der Waals surface area contributed by atoms with Gasteiger partial charge in [-0.15, -0.1) is 0 Å². The molecule has 0 aliphatic rings. The summed E-state index contributed by atoms with van der Waals surface area (Å²) in [5, 5.41) is 19.6. The van der Waals surface area contributed by atoms with Gasteiger partial charge < -0.3 is 5.11 Å². The summed E-state index contributed by atoms with van der Waals surface area (Å²) in [5.41, 5.74) is 0.214. The molecule has 1 N–H and O–H groups in total. The second-order valence-corrected chi connectivity index (χ2v) is 4.28. The number of nitro groups is 1. The third-order valence-corrected chi connectivity index (χ3v) is 2.14. The molecule has 0 saturated carbocycles. The Morgan fingerprint density at radius 3 is 2.31 bits per heavy atom. The number of carboxylic acids is 1. The van der Waals surface area contributed by atoms with Crippen LogP contribution in [0.4, 0.5) is 11.4 Å². The van der Waals surface area contributed by atoms with Crippen LogP contribution >= 0.6 is 0 Å². The number of nitrogens with zero attached hydrogens (tertiary/aromatic N) is 2. The van der Waals surface area contributed by atoms with E-state index >= 15 is 0 Å². The number of benzene rings is 1. The number of nitro benzene ring substituents is 1. The van der Waals surface area contributed by atoms with Gasteiger partial charge in [0.05, 0.1) is 31.6 Å². The van der Waals surface area contributed by atoms with Crippen molar-refractivity contribution >= 4 is 17.3 Å². The number of quaternary nitrogens is 1. The minimum absolute atomic E-state index is 0.0797. The van der Waals surface area contributed by atoms with E-state index in [0.717, 1.165) is 6.07 Å². The summed E-state index contributed by atoms with van der Waals surface area (Å²) in [7, 11) is 5.34. The van der Waals surface area contributed by atoms with Crippen LogP contribution in [0, 0.1) is 10.1 Å². The van der Waals surface area contributed by atoms with Crippen LogP contribution in [0.15, 0.2) is 18.2 Å². The molecule has 0 spiro atoms. The Kier molecular flexibility index (Phi) is 2.95. The molecule has 0 atom stereocenters. The molecule has 16 heavy (non-hydrogen) atoms. The summed E-state index contributed by atoms with van der Waals surface area (Å²) in [5.74, 6) is -1.17. The fraction of sp³-hybridized carbons (Fsp3) is 0.300. The number of hydrogen-bond donors (Lipinski definition) is 1. The quantitative estimate of drug-likeness (QED) is 0.480. The molecule has 1 rings (SSSR count). The smallest absolute Gasteiger partial charge is 0.335 e. The first-order valence-electron chi connectivity index (χ1n) is 4.57. The lowest BCUT2D eigenvalue weighted by atomic mass is 10.1. The van der Waals surface area contributed by atoms with E-state index in [0.29, 0.717) is 5.69 Å². The number of carboxylic acid groups (broad SMARTS) is 1. The minimum Gasteiger partial charge on any atom is -0.478 e. The van der Waals surface area contributed by atoms with Gasteiger partial charge in [-0.25, -0.2) is 4.79 Å². The molecule has 6 nitrogen and oxygen atoms in total. The van der Waals surface area contributed by atoms with Gasteiger partial charge in [0.1, 0.15) is 0 Å². The van der Waals surface area contributed by atoms with Crippen LogP contribution in [0.1, 0.15) is 10.4 Å². The molecule has 0 unspecified atom stereocenters. The van der Waals surface area contributed by atoms with Gasteiger partial charge in [0.25, 0.3) is 0 Å². The summed E-state index contributed by atoms with van der Waals surface area (Å²) in [6, 6.07) is 3.93. The van der Waals surface area contributed by atoms with Crippen LogP contribution in [0.3, 0.4) is 0 Å². The van der Waals surface area contributed by atoms with Crippen molar-refractivity contribution in [1.82, 2.24) is 4.48 Å². The normalized spacial score (nSPS) is 11.2. The molecule has 0 amide bonds. The fourth-order valence-corrected chi connectivity index (χ4v) is 1.37. The minimum atomic E-state index is -1.17. The summed E-state index contributed by atoms with van der Waals surface area (Å²) in [6.45, 7) is 0. The molecular formula is C10H13N2O4+. The first kappa shape index (κ1) is 12.1. The second-order valence-electron chi connectivity index (χ2n) is 4.28. The van der Waals surface area contributed by atoms with Gasteiger partial charge >= 0.3 is 11.7 Å². The van der Waals surface area contributed by atoms with E-state index in [1.165, 1.54) is 12.1 Å². The van der Waals surface area contributed by atoms with Gasteiger partial charge in [0.15, 0.2) is 0 Å². The van der Waals surface area contributed by atoms with Crippen LogP contribution in [0.5, 0.6) is 0 Å². The van der Waals surface area contributed by atoms with Crippen molar-refractivity contribution in [1.29, 1.82) is 0 Å². The predicted octanol–water partition coefficient (Wildman–Crippen LogP) is 1.49. The van der Waals surface area contributed by atoms with E-state index in [1.807, 2.05) is 0 Å². The maximum Gasteiger partial charge on any atom is 0.335 e. The van der Waals surface area contributed by atoms with Crippen molar-refractivity contribution in [3.8, 4) is 0 Å². The zero-order valence-electron chi connectivity index (χ0n) is 9.30. The molecule has 0 heterocycles. The molecule has 6 heteroatoms. The summed E-state index contributed by atoms with van der Waals surface area (Å²) >= 11 is 0. The Labute approximate surface area is 92.5 Å². The molecular weight excluding hydrogens is 212 g/mol. The lowest BCUT2D eigenvalue weighted by molar-refractivity contribution is -0.384. The number of hydrogen-bond acceptors (Lipinski definition) is 3. The molecule has 1 aromatic rings. The highest BCUT2D eigenvalue weighted by Gasteiger charge is 2.26. The Morgan fingerprint density at radius 2 is 1.94 bits per heavy atom. The third kappa shape index (κ3) is 2.34. The van der Waals surface area contributed by atoms with Crippen molar-refractivity contribution in [3.63, 3.8) is 0 Å². The van der Waals surface area contributed by atoms with Crippen molar-refractivity contribution < 1.29 is 14.8 Å². The van der Waals surface area contributed by atoms with Crippen molar-refractivity contribution in [2.75, 3.05) is 21.1 Å². The monoisotopic (exact) mass is 225 g/mol. The van der Waals surface area contributed by atoms with E-state index in [4.69, 9.17) is 5.11 Å². The Balaban J connectivity index is 3.43. The first-order chi connectivity index (χ1) is 7.23. The SMILES string of the molecule is C[N+](C)(C)c1ccc(C(=O)O)cc1[N+](=O)[O-]. The Bertz CT molecular complexity index is 449. The van der Waals surface area contributed by atoms with Crippen LogP contribution < -0.4 is 4.48 Å². The zero-order valence-corrected chi connectivity index (χ0v) is 9.30. The maximum atomic E-state index is 10.8. The lowest BCUT2D eigenvalue weighted by Crippen LogP contribution is -2.35. The highest BCUT2D eigenvalue weighted by Crippen LogP contribution is 2.30. The van der Waals surface area contributed by atoms with Gasteiger partial charge in [-0.05, 0) is 6.07 Å². The Hall–Kier alpha value is -1.95. The van der Waals surface area contributed by atoms with Gasteiger partial charge in [-0.1, -0.05) is 0 Å². The van der Waals surface area contributed by atoms with Crippen LogP contribution in [-0.2, 0) is 0 Å². The second kappa shape index (κ2) is 3.90. The van der Waals surface area contributed by atoms with Crippen molar-refractivity contribution in [2.24, 2.45) is 0 Å². The van der Waals surface area contributed by atoms with Crippen LogP contribution in [0.25, 0.3) is 0 Å². The highest BCUT2D eigenvalue weighted by atomic mass is 16.6. The van der Waals surface area contributed by atoms with E-state index in [2.05, 4.69) is 0 Å². The average molecular weight is 225 g/mol. The zero-order chi connectivity index (χ0) is 12.5. The maximum absolute atomic E-state index is 10.8. The van der Waals surface area contributed by atoms with E-state index in [-0.39, 0.29) is 15.7 Å². The molecule has 0 saturated heterocycles. The predicted molar refractivity (Wildman–Crippen MR) is 59.6 cm³/mol. The first-order valence-corrected chi connectivity index (χ1v) is 4.57. The largest absolute Gasteiger partial charge is 0.478 e. The Morgan fingerprint density at radius 1 is 1.38 bits per heavy atom. The molecule has 0 aliphatic carbocycles. The average Bonchev–Trinajstić information content (AvgIpc) is 2.15. The molecule has 0 aliphatic heterocycles. The molecule has 86 valence electrons. The van der Waals surface area contributed by atoms with Gasteiger partial charge in [0.2, 0.25) is 5.69 Å². The van der Waals surface area contributed by atoms with Crippen molar-refractivity contribution in [2.45, 2.75) is 0 Å². The molecule has 0 bridgehead atoms. The lowest BCUT2D eigenvalue weighted by Gasteiger charge is -2.22. The van der Waals surface area contributed by atoms with E-state index < -0.39 is 10.9 Å². The van der Waals surface area contributed by atoms with Crippen molar-refractivity contribution in [3.05, 3.63) is 33.9 Å². The van der Waals surface area contributed by atoms with Crippen LogP contribution in [0.2, 0.25) is 0 Å². The fourth-order valence-electron chi connectivity index (χ4n) is 1.37.